The fourth-order valence-corrected chi connectivity index (χ4v) is 2.30. The van der Waals surface area contributed by atoms with Crippen LogP contribution in [-0.2, 0) is 9.53 Å². The summed E-state index contributed by atoms with van der Waals surface area (Å²) < 4.78 is 6.47. The van der Waals surface area contributed by atoms with Crippen molar-refractivity contribution < 1.29 is 14.3 Å². The molecule has 104 valence electrons. The van der Waals surface area contributed by atoms with Gasteiger partial charge < -0.3 is 4.74 Å². The Morgan fingerprint density at radius 1 is 1.30 bits per heavy atom. The van der Waals surface area contributed by atoms with E-state index in [0.717, 1.165) is 16.5 Å². The van der Waals surface area contributed by atoms with Crippen molar-refractivity contribution in [2.24, 2.45) is 0 Å². The van der Waals surface area contributed by atoms with Crippen LogP contribution in [0.15, 0.2) is 30.3 Å². The molecule has 0 saturated carbocycles. The van der Waals surface area contributed by atoms with E-state index < -0.39 is 5.97 Å². The number of rotatable bonds is 3. The molecule has 0 bridgehead atoms. The molecule has 0 amide bonds. The number of benzene rings is 1. The van der Waals surface area contributed by atoms with Gasteiger partial charge in [-0.2, -0.15) is 0 Å². The van der Waals surface area contributed by atoms with Gasteiger partial charge in [-0.3, -0.25) is 9.36 Å². The molecule has 2 rings (SSSR count). The number of esters is 1. The predicted octanol–water partition coefficient (Wildman–Crippen LogP) is 3.19. The summed E-state index contributed by atoms with van der Waals surface area (Å²) in [5.41, 5.74) is 2.53. The molecular formula is C16H17NO3. The third kappa shape index (κ3) is 2.50. The number of nitrogens with zero attached hydrogens (tertiary/aromatic N) is 1. The number of ether oxygens (including phenoxy) is 1. The Bertz CT molecular complexity index is 695. The molecule has 2 aromatic rings. The minimum atomic E-state index is -0.410. The van der Waals surface area contributed by atoms with E-state index >= 15 is 0 Å². The second-order valence-electron chi connectivity index (χ2n) is 4.47. The highest BCUT2D eigenvalue weighted by Crippen LogP contribution is 2.26. The standard InChI is InChI=1S/C16H17NO3/c1-4-20-16(19)10-9-14-11(2)13-7-5-6-8-15(13)17(14)12(3)18/h5-10H,4H2,1-3H3/b10-9+. The third-order valence-corrected chi connectivity index (χ3v) is 3.15. The number of aromatic nitrogens is 1. The largest absolute Gasteiger partial charge is 0.463 e. The number of hydrogen-bond donors (Lipinski definition) is 0. The van der Waals surface area contributed by atoms with Crippen molar-refractivity contribution >= 4 is 28.9 Å². The van der Waals surface area contributed by atoms with Gasteiger partial charge in [-0.1, -0.05) is 18.2 Å². The lowest BCUT2D eigenvalue weighted by Gasteiger charge is -2.03. The van der Waals surface area contributed by atoms with E-state index in [1.54, 1.807) is 17.6 Å². The number of carbonyl (C=O) groups is 2. The van der Waals surface area contributed by atoms with Crippen LogP contribution in [0.5, 0.6) is 0 Å². The van der Waals surface area contributed by atoms with E-state index in [-0.39, 0.29) is 5.91 Å². The molecule has 4 heteroatoms. The fraction of sp³-hybridized carbons (Fsp3) is 0.250. The van der Waals surface area contributed by atoms with Gasteiger partial charge >= 0.3 is 5.97 Å². The van der Waals surface area contributed by atoms with Crippen LogP contribution in [0.3, 0.4) is 0 Å². The fourth-order valence-electron chi connectivity index (χ4n) is 2.30. The zero-order valence-corrected chi connectivity index (χ0v) is 11.8. The molecule has 20 heavy (non-hydrogen) atoms. The van der Waals surface area contributed by atoms with Gasteiger partial charge in [0.05, 0.1) is 17.8 Å². The summed E-state index contributed by atoms with van der Waals surface area (Å²) in [5, 5.41) is 1.01. The Balaban J connectivity index is 2.57. The molecule has 0 aliphatic heterocycles. The van der Waals surface area contributed by atoms with Crippen LogP contribution in [0.2, 0.25) is 0 Å². The van der Waals surface area contributed by atoms with Crippen LogP contribution in [0.4, 0.5) is 0 Å². The van der Waals surface area contributed by atoms with E-state index in [1.165, 1.54) is 13.0 Å². The molecule has 1 aromatic carbocycles. The number of para-hydroxylation sites is 1. The first-order valence-corrected chi connectivity index (χ1v) is 6.52. The van der Waals surface area contributed by atoms with Gasteiger partial charge in [0, 0.05) is 18.4 Å². The molecule has 0 atom stereocenters. The maximum Gasteiger partial charge on any atom is 0.330 e. The number of aryl methyl sites for hydroxylation is 1. The van der Waals surface area contributed by atoms with Gasteiger partial charge in [0.2, 0.25) is 5.91 Å². The lowest BCUT2D eigenvalue weighted by atomic mass is 10.1. The first-order valence-electron chi connectivity index (χ1n) is 6.52. The van der Waals surface area contributed by atoms with Crippen molar-refractivity contribution in [3.63, 3.8) is 0 Å². The van der Waals surface area contributed by atoms with Crippen molar-refractivity contribution in [2.75, 3.05) is 6.61 Å². The van der Waals surface area contributed by atoms with Gasteiger partial charge in [-0.05, 0) is 31.6 Å². The molecule has 1 heterocycles. The summed E-state index contributed by atoms with van der Waals surface area (Å²) >= 11 is 0. The molecular weight excluding hydrogens is 254 g/mol. The topological polar surface area (TPSA) is 48.3 Å². The minimum Gasteiger partial charge on any atom is -0.463 e. The lowest BCUT2D eigenvalue weighted by Crippen LogP contribution is -2.08. The first kappa shape index (κ1) is 14.1. The quantitative estimate of drug-likeness (QED) is 0.636. The summed E-state index contributed by atoms with van der Waals surface area (Å²) in [7, 11) is 0. The van der Waals surface area contributed by atoms with E-state index in [0.29, 0.717) is 12.3 Å². The number of hydrogen-bond acceptors (Lipinski definition) is 3. The van der Waals surface area contributed by atoms with Crippen molar-refractivity contribution in [1.29, 1.82) is 0 Å². The zero-order valence-electron chi connectivity index (χ0n) is 11.8. The number of fused-ring (bicyclic) bond motifs is 1. The Hall–Kier alpha value is -2.36. The van der Waals surface area contributed by atoms with E-state index in [2.05, 4.69) is 0 Å². The second-order valence-corrected chi connectivity index (χ2v) is 4.47. The Labute approximate surface area is 117 Å². The Kier molecular flexibility index (Phi) is 4.03. The van der Waals surface area contributed by atoms with E-state index in [9.17, 15) is 9.59 Å². The van der Waals surface area contributed by atoms with Crippen molar-refractivity contribution in [2.45, 2.75) is 20.8 Å². The summed E-state index contributed by atoms with van der Waals surface area (Å²) in [6.45, 7) is 5.53. The van der Waals surface area contributed by atoms with Gasteiger partial charge in [0.15, 0.2) is 0 Å². The monoisotopic (exact) mass is 271 g/mol. The molecule has 4 nitrogen and oxygen atoms in total. The molecule has 1 aromatic heterocycles. The van der Waals surface area contributed by atoms with Crippen molar-refractivity contribution in [3.8, 4) is 0 Å². The molecule has 0 aliphatic rings. The first-order chi connectivity index (χ1) is 9.56. The second kappa shape index (κ2) is 5.74. The maximum atomic E-state index is 11.9. The van der Waals surface area contributed by atoms with E-state index in [1.807, 2.05) is 31.2 Å². The molecule has 0 radical (unpaired) electrons. The van der Waals surface area contributed by atoms with Crippen LogP contribution in [0, 0.1) is 6.92 Å². The van der Waals surface area contributed by atoms with Crippen molar-refractivity contribution in [1.82, 2.24) is 4.57 Å². The normalized spacial score (nSPS) is 11.2. The average molecular weight is 271 g/mol. The lowest BCUT2D eigenvalue weighted by molar-refractivity contribution is -0.137. The molecule has 0 saturated heterocycles. The highest BCUT2D eigenvalue weighted by atomic mass is 16.5. The molecule has 0 aliphatic carbocycles. The Morgan fingerprint density at radius 2 is 2.00 bits per heavy atom. The molecule has 0 unspecified atom stereocenters. The van der Waals surface area contributed by atoms with Gasteiger partial charge in [0.1, 0.15) is 0 Å². The predicted molar refractivity (Wildman–Crippen MR) is 78.6 cm³/mol. The SMILES string of the molecule is CCOC(=O)/C=C/c1c(C)c2ccccc2n1C(C)=O. The zero-order chi connectivity index (χ0) is 14.7. The van der Waals surface area contributed by atoms with Crippen molar-refractivity contribution in [3.05, 3.63) is 41.6 Å². The van der Waals surface area contributed by atoms with Gasteiger partial charge in [-0.15, -0.1) is 0 Å². The summed E-state index contributed by atoms with van der Waals surface area (Å²) in [6.07, 6.45) is 2.98. The maximum absolute atomic E-state index is 11.9. The summed E-state index contributed by atoms with van der Waals surface area (Å²) in [4.78, 5) is 23.3. The van der Waals surface area contributed by atoms with Crippen LogP contribution < -0.4 is 0 Å². The smallest absolute Gasteiger partial charge is 0.330 e. The van der Waals surface area contributed by atoms with Crippen LogP contribution >= 0.6 is 0 Å². The van der Waals surface area contributed by atoms with Crippen LogP contribution in [0.25, 0.3) is 17.0 Å². The highest BCUT2D eigenvalue weighted by molar-refractivity contribution is 5.98. The van der Waals surface area contributed by atoms with Crippen LogP contribution in [-0.4, -0.2) is 23.1 Å². The van der Waals surface area contributed by atoms with Crippen LogP contribution in [0.1, 0.15) is 29.9 Å². The highest BCUT2D eigenvalue weighted by Gasteiger charge is 2.14. The van der Waals surface area contributed by atoms with E-state index in [4.69, 9.17) is 4.74 Å². The summed E-state index contributed by atoms with van der Waals surface area (Å²) in [6, 6.07) is 7.68. The number of carbonyl (C=O) groups excluding carboxylic acids is 2. The van der Waals surface area contributed by atoms with Gasteiger partial charge in [0.25, 0.3) is 0 Å². The average Bonchev–Trinajstić information content (AvgIpc) is 2.70. The summed E-state index contributed by atoms with van der Waals surface area (Å²) in [5.74, 6) is -0.495. The molecule has 0 fully saturated rings. The third-order valence-electron chi connectivity index (χ3n) is 3.15. The Morgan fingerprint density at radius 3 is 2.65 bits per heavy atom. The molecule has 0 spiro atoms. The van der Waals surface area contributed by atoms with Gasteiger partial charge in [-0.25, -0.2) is 4.79 Å². The minimum absolute atomic E-state index is 0.0854. The molecule has 0 N–H and O–H groups in total.